The fourth-order valence-corrected chi connectivity index (χ4v) is 3.99. The van der Waals surface area contributed by atoms with Crippen molar-refractivity contribution in [2.75, 3.05) is 11.5 Å². The third-order valence-electron chi connectivity index (χ3n) is 3.70. The maximum Gasteiger partial charge on any atom is 0.269 e. The molecule has 1 saturated heterocycles. The zero-order valence-corrected chi connectivity index (χ0v) is 10.9. The molecule has 0 amide bonds. The van der Waals surface area contributed by atoms with Crippen molar-refractivity contribution in [3.8, 4) is 0 Å². The first-order valence-corrected chi connectivity index (χ1v) is 7.60. The number of nitro groups is 1. The summed E-state index contributed by atoms with van der Waals surface area (Å²) in [7, 11) is -2.89. The van der Waals surface area contributed by atoms with Gasteiger partial charge in [-0.15, -0.1) is 0 Å². The topological polar surface area (TPSA) is 77.3 Å². The lowest BCUT2D eigenvalue weighted by molar-refractivity contribution is -0.384. The first kappa shape index (κ1) is 13.0. The number of sulfone groups is 1. The number of benzene rings is 1. The molecule has 0 radical (unpaired) electrons. The van der Waals surface area contributed by atoms with E-state index >= 15 is 0 Å². The van der Waals surface area contributed by atoms with Gasteiger partial charge in [0.1, 0.15) is 9.84 Å². The monoisotopic (exact) mass is 269 g/mol. The van der Waals surface area contributed by atoms with E-state index in [-0.39, 0.29) is 22.6 Å². The predicted octanol–water partition coefficient (Wildman–Crippen LogP) is 2.06. The number of rotatable bonds is 2. The van der Waals surface area contributed by atoms with Crippen molar-refractivity contribution in [2.24, 2.45) is 0 Å². The van der Waals surface area contributed by atoms with Gasteiger partial charge in [0.25, 0.3) is 5.69 Å². The molecule has 5 nitrogen and oxygen atoms in total. The summed E-state index contributed by atoms with van der Waals surface area (Å²) in [6.07, 6.45) is 1.15. The Bertz CT molecular complexity index is 548. The molecule has 0 N–H and O–H groups in total. The fraction of sp³-hybridized carbons (Fsp3) is 0.500. The Morgan fingerprint density at radius 2 is 1.67 bits per heavy atom. The van der Waals surface area contributed by atoms with Crippen LogP contribution in [0, 0.1) is 10.1 Å². The molecule has 0 aliphatic carbocycles. The molecule has 98 valence electrons. The van der Waals surface area contributed by atoms with Crippen molar-refractivity contribution in [1.82, 2.24) is 0 Å². The minimum atomic E-state index is -2.89. The highest BCUT2D eigenvalue weighted by molar-refractivity contribution is 7.91. The van der Waals surface area contributed by atoms with E-state index in [4.69, 9.17) is 0 Å². The molecule has 0 spiro atoms. The molecule has 0 aromatic heterocycles. The number of nitro benzene ring substituents is 1. The van der Waals surface area contributed by atoms with Gasteiger partial charge in [0.2, 0.25) is 0 Å². The van der Waals surface area contributed by atoms with E-state index in [1.54, 1.807) is 12.1 Å². The Labute approximate surface area is 106 Å². The molecule has 6 heteroatoms. The van der Waals surface area contributed by atoms with Crippen LogP contribution in [0.15, 0.2) is 24.3 Å². The highest BCUT2D eigenvalue weighted by atomic mass is 32.2. The van der Waals surface area contributed by atoms with Gasteiger partial charge in [-0.25, -0.2) is 8.42 Å². The molecule has 0 saturated carbocycles. The van der Waals surface area contributed by atoms with Crippen molar-refractivity contribution in [3.63, 3.8) is 0 Å². The van der Waals surface area contributed by atoms with Crippen LogP contribution in [0.4, 0.5) is 5.69 Å². The number of non-ortho nitro benzene ring substituents is 1. The van der Waals surface area contributed by atoms with E-state index in [1.807, 2.05) is 6.92 Å². The zero-order valence-electron chi connectivity index (χ0n) is 10.1. The largest absolute Gasteiger partial charge is 0.269 e. The molecule has 0 atom stereocenters. The van der Waals surface area contributed by atoms with E-state index in [9.17, 15) is 18.5 Å². The van der Waals surface area contributed by atoms with Crippen molar-refractivity contribution >= 4 is 15.5 Å². The fourth-order valence-electron chi connectivity index (χ4n) is 2.26. The summed E-state index contributed by atoms with van der Waals surface area (Å²) < 4.78 is 22.8. The van der Waals surface area contributed by atoms with E-state index < -0.39 is 14.8 Å². The van der Waals surface area contributed by atoms with Gasteiger partial charge >= 0.3 is 0 Å². The summed E-state index contributed by atoms with van der Waals surface area (Å²) in [5.41, 5.74) is 0.842. The summed E-state index contributed by atoms with van der Waals surface area (Å²) in [6.45, 7) is 2.02. The molecular weight excluding hydrogens is 254 g/mol. The lowest BCUT2D eigenvalue weighted by Crippen LogP contribution is -2.34. The normalized spacial score (nSPS) is 21.4. The lowest BCUT2D eigenvalue weighted by atomic mass is 9.77. The van der Waals surface area contributed by atoms with Crippen LogP contribution in [0.5, 0.6) is 0 Å². The smallest absolute Gasteiger partial charge is 0.258 e. The van der Waals surface area contributed by atoms with Crippen LogP contribution in [0.3, 0.4) is 0 Å². The average Bonchev–Trinajstić information content (AvgIpc) is 2.34. The van der Waals surface area contributed by atoms with Crippen molar-refractivity contribution in [1.29, 1.82) is 0 Å². The lowest BCUT2D eigenvalue weighted by Gasteiger charge is -2.33. The second kappa shape index (κ2) is 4.35. The van der Waals surface area contributed by atoms with Crippen LogP contribution < -0.4 is 0 Å². The Balaban J connectivity index is 2.23. The minimum absolute atomic E-state index is 0.0609. The van der Waals surface area contributed by atoms with Gasteiger partial charge in [-0.05, 0) is 23.8 Å². The van der Waals surface area contributed by atoms with E-state index in [2.05, 4.69) is 0 Å². The standard InChI is InChI=1S/C12H15NO4S/c1-12(6-8-18(16,17)9-7-12)10-2-4-11(5-3-10)13(14)15/h2-5H,6-9H2,1H3. The summed E-state index contributed by atoms with van der Waals surface area (Å²) in [5, 5.41) is 10.6. The molecule has 18 heavy (non-hydrogen) atoms. The Hall–Kier alpha value is -1.43. The van der Waals surface area contributed by atoms with E-state index in [0.29, 0.717) is 12.8 Å². The molecule has 0 unspecified atom stereocenters. The van der Waals surface area contributed by atoms with Gasteiger partial charge in [-0.2, -0.15) is 0 Å². The zero-order chi connectivity index (χ0) is 13.4. The highest BCUT2D eigenvalue weighted by Gasteiger charge is 2.34. The molecule has 1 fully saturated rings. The summed E-state index contributed by atoms with van der Waals surface area (Å²) in [4.78, 5) is 10.1. The summed E-state index contributed by atoms with van der Waals surface area (Å²) in [5.74, 6) is 0.390. The van der Waals surface area contributed by atoms with Gasteiger partial charge < -0.3 is 0 Å². The maximum atomic E-state index is 11.4. The molecule has 1 heterocycles. The molecule has 1 aromatic rings. The predicted molar refractivity (Wildman–Crippen MR) is 68.3 cm³/mol. The molecule has 1 aromatic carbocycles. The SMILES string of the molecule is CC1(c2ccc([N+](=O)[O-])cc2)CCS(=O)(=O)CC1. The van der Waals surface area contributed by atoms with Crippen LogP contribution in [-0.2, 0) is 15.3 Å². The highest BCUT2D eigenvalue weighted by Crippen LogP contribution is 2.36. The van der Waals surface area contributed by atoms with Gasteiger partial charge in [0, 0.05) is 12.1 Å². The number of hydrogen-bond acceptors (Lipinski definition) is 4. The second-order valence-corrected chi connectivity index (χ2v) is 7.32. The minimum Gasteiger partial charge on any atom is -0.258 e. The quantitative estimate of drug-likeness (QED) is 0.608. The summed E-state index contributed by atoms with van der Waals surface area (Å²) in [6, 6.07) is 6.42. The van der Waals surface area contributed by atoms with Crippen molar-refractivity contribution in [3.05, 3.63) is 39.9 Å². The summed E-state index contributed by atoms with van der Waals surface area (Å²) >= 11 is 0. The first-order chi connectivity index (χ1) is 8.32. The van der Waals surface area contributed by atoms with Gasteiger partial charge in [0.15, 0.2) is 0 Å². The maximum absolute atomic E-state index is 11.4. The van der Waals surface area contributed by atoms with Gasteiger partial charge in [0.05, 0.1) is 16.4 Å². The first-order valence-electron chi connectivity index (χ1n) is 5.78. The van der Waals surface area contributed by atoms with Crippen LogP contribution in [0.1, 0.15) is 25.3 Å². The third kappa shape index (κ3) is 2.53. The van der Waals surface area contributed by atoms with E-state index in [0.717, 1.165) is 5.56 Å². The molecule has 1 aliphatic heterocycles. The van der Waals surface area contributed by atoms with Crippen molar-refractivity contribution < 1.29 is 13.3 Å². The van der Waals surface area contributed by atoms with Crippen LogP contribution >= 0.6 is 0 Å². The second-order valence-electron chi connectivity index (χ2n) is 5.02. The van der Waals surface area contributed by atoms with Crippen LogP contribution in [0.25, 0.3) is 0 Å². The third-order valence-corrected chi connectivity index (χ3v) is 5.36. The molecular formula is C12H15NO4S. The molecule has 2 rings (SSSR count). The van der Waals surface area contributed by atoms with Crippen LogP contribution in [-0.4, -0.2) is 24.8 Å². The number of hydrogen-bond donors (Lipinski definition) is 0. The van der Waals surface area contributed by atoms with Crippen LogP contribution in [0.2, 0.25) is 0 Å². The van der Waals surface area contributed by atoms with Gasteiger partial charge in [-0.1, -0.05) is 19.1 Å². The number of nitrogens with zero attached hydrogens (tertiary/aromatic N) is 1. The Kier molecular flexibility index (Phi) is 3.14. The average molecular weight is 269 g/mol. The molecule has 0 bridgehead atoms. The molecule has 1 aliphatic rings. The van der Waals surface area contributed by atoms with Gasteiger partial charge in [-0.3, -0.25) is 10.1 Å². The van der Waals surface area contributed by atoms with Crippen molar-refractivity contribution in [2.45, 2.75) is 25.2 Å². The van der Waals surface area contributed by atoms with E-state index in [1.165, 1.54) is 12.1 Å². The Morgan fingerprint density at radius 1 is 1.17 bits per heavy atom. The Morgan fingerprint density at radius 3 is 2.11 bits per heavy atom.